The molecule has 0 fully saturated rings. The van der Waals surface area contributed by atoms with Crippen molar-refractivity contribution in [1.82, 2.24) is 9.55 Å². The molecule has 5 heteroatoms. The first kappa shape index (κ1) is 11.4. The zero-order valence-electron chi connectivity index (χ0n) is 8.32. The molecule has 4 nitrogen and oxygen atoms in total. The Morgan fingerprint density at radius 1 is 1.57 bits per heavy atom. The highest BCUT2D eigenvalue weighted by Crippen LogP contribution is 2.04. The minimum absolute atomic E-state index is 0.0252. The molecule has 0 aliphatic heterocycles. The highest BCUT2D eigenvalue weighted by Gasteiger charge is 2.01. The summed E-state index contributed by atoms with van der Waals surface area (Å²) in [7, 11) is 1.70. The number of aliphatic hydroxyl groups is 1. The summed E-state index contributed by atoms with van der Waals surface area (Å²) in [6.07, 6.45) is 3.76. The molecule has 1 heterocycles. The molecule has 80 valence electrons. The first-order valence-electron chi connectivity index (χ1n) is 4.66. The molecule has 2 N–H and O–H groups in total. The van der Waals surface area contributed by atoms with Crippen LogP contribution in [-0.4, -0.2) is 28.4 Å². The first-order chi connectivity index (χ1) is 6.79. The lowest BCUT2D eigenvalue weighted by Gasteiger charge is -2.05. The van der Waals surface area contributed by atoms with Crippen LogP contribution in [0.3, 0.4) is 0 Å². The number of methoxy groups -OCH3 is 1. The van der Waals surface area contributed by atoms with E-state index in [0.29, 0.717) is 4.77 Å². The zero-order valence-corrected chi connectivity index (χ0v) is 9.14. The molecule has 0 saturated carbocycles. The second-order valence-electron chi connectivity index (χ2n) is 3.09. The average Bonchev–Trinajstić information content (AvgIpc) is 2.55. The van der Waals surface area contributed by atoms with Crippen LogP contribution in [0, 0.1) is 4.77 Å². The Hall–Kier alpha value is -0.650. The van der Waals surface area contributed by atoms with Gasteiger partial charge < -0.3 is 19.4 Å². The second kappa shape index (κ2) is 5.95. The van der Waals surface area contributed by atoms with Gasteiger partial charge in [-0.1, -0.05) is 0 Å². The van der Waals surface area contributed by atoms with Gasteiger partial charge in [0.1, 0.15) is 0 Å². The third kappa shape index (κ3) is 2.94. The monoisotopic (exact) mass is 216 g/mol. The molecule has 0 spiro atoms. The number of rotatable bonds is 6. The van der Waals surface area contributed by atoms with E-state index in [2.05, 4.69) is 4.98 Å². The van der Waals surface area contributed by atoms with Gasteiger partial charge in [-0.3, -0.25) is 0 Å². The Labute approximate surface area is 88.5 Å². The molecule has 0 radical (unpaired) electrons. The van der Waals surface area contributed by atoms with Crippen LogP contribution in [0.2, 0.25) is 0 Å². The lowest BCUT2D eigenvalue weighted by atomic mass is 10.3. The van der Waals surface area contributed by atoms with Gasteiger partial charge in [-0.15, -0.1) is 0 Å². The lowest BCUT2D eigenvalue weighted by molar-refractivity contribution is 0.191. The molecular weight excluding hydrogens is 200 g/mol. The molecule has 0 aromatic carbocycles. The standard InChI is InChI=1S/C9H16N2O2S/c1-13-5-3-2-4-11-8(7-12)6-10-9(11)14/h6,12H,2-5,7H2,1H3,(H,10,14). The predicted octanol–water partition coefficient (Wildman–Crippen LogP) is 1.46. The normalized spacial score (nSPS) is 10.7. The fraction of sp³-hybridized carbons (Fsp3) is 0.667. The maximum Gasteiger partial charge on any atom is 0.177 e. The Balaban J connectivity index is 2.48. The molecule has 0 aliphatic carbocycles. The topological polar surface area (TPSA) is 50.2 Å². The summed E-state index contributed by atoms with van der Waals surface area (Å²) in [4.78, 5) is 2.92. The second-order valence-corrected chi connectivity index (χ2v) is 3.48. The molecule has 1 aromatic heterocycles. The van der Waals surface area contributed by atoms with E-state index in [4.69, 9.17) is 22.1 Å². The molecule has 0 bridgehead atoms. The van der Waals surface area contributed by atoms with Crippen LogP contribution in [0.5, 0.6) is 0 Å². The minimum atomic E-state index is 0.0252. The Kier molecular flexibility index (Phi) is 4.86. The van der Waals surface area contributed by atoms with Crippen LogP contribution in [-0.2, 0) is 17.9 Å². The van der Waals surface area contributed by atoms with Gasteiger partial charge in [-0.2, -0.15) is 0 Å². The van der Waals surface area contributed by atoms with Crippen molar-refractivity contribution in [3.63, 3.8) is 0 Å². The van der Waals surface area contributed by atoms with Crippen LogP contribution in [0.15, 0.2) is 6.20 Å². The number of nitrogens with one attached hydrogen (secondary N) is 1. The van der Waals surface area contributed by atoms with E-state index in [1.54, 1.807) is 13.3 Å². The molecule has 0 atom stereocenters. The van der Waals surface area contributed by atoms with Gasteiger partial charge in [0.05, 0.1) is 12.3 Å². The summed E-state index contributed by atoms with van der Waals surface area (Å²) in [5.74, 6) is 0. The average molecular weight is 216 g/mol. The van der Waals surface area contributed by atoms with Gasteiger partial charge >= 0.3 is 0 Å². The van der Waals surface area contributed by atoms with E-state index in [0.717, 1.165) is 31.7 Å². The third-order valence-electron chi connectivity index (χ3n) is 2.10. The van der Waals surface area contributed by atoms with E-state index < -0.39 is 0 Å². The zero-order chi connectivity index (χ0) is 10.4. The number of aromatic amines is 1. The van der Waals surface area contributed by atoms with E-state index in [-0.39, 0.29) is 6.61 Å². The van der Waals surface area contributed by atoms with Crippen molar-refractivity contribution in [2.45, 2.75) is 26.0 Å². The molecule has 0 saturated heterocycles. The Bertz CT molecular complexity index is 319. The molecule has 0 unspecified atom stereocenters. The Morgan fingerprint density at radius 2 is 2.36 bits per heavy atom. The number of unbranched alkanes of at least 4 members (excludes halogenated alkanes) is 1. The van der Waals surface area contributed by atoms with Gasteiger partial charge in [0.15, 0.2) is 4.77 Å². The van der Waals surface area contributed by atoms with Gasteiger partial charge in [0.2, 0.25) is 0 Å². The van der Waals surface area contributed by atoms with E-state index in [9.17, 15) is 0 Å². The third-order valence-corrected chi connectivity index (χ3v) is 2.43. The van der Waals surface area contributed by atoms with Crippen molar-refractivity contribution in [1.29, 1.82) is 0 Å². The molecule has 0 amide bonds. The Morgan fingerprint density at radius 3 is 3.00 bits per heavy atom. The first-order valence-corrected chi connectivity index (χ1v) is 5.07. The minimum Gasteiger partial charge on any atom is -0.390 e. The summed E-state index contributed by atoms with van der Waals surface area (Å²) in [5.41, 5.74) is 0.840. The number of hydrogen-bond donors (Lipinski definition) is 2. The van der Waals surface area contributed by atoms with Crippen molar-refractivity contribution in [2.75, 3.05) is 13.7 Å². The summed E-state index contributed by atoms with van der Waals surface area (Å²) in [6.45, 7) is 1.63. The number of hydrogen-bond acceptors (Lipinski definition) is 3. The van der Waals surface area contributed by atoms with E-state index >= 15 is 0 Å². The largest absolute Gasteiger partial charge is 0.390 e. The highest BCUT2D eigenvalue weighted by molar-refractivity contribution is 7.71. The SMILES string of the molecule is COCCCCn1c(CO)c[nH]c1=S. The van der Waals surface area contributed by atoms with Crippen molar-refractivity contribution in [2.24, 2.45) is 0 Å². The van der Waals surface area contributed by atoms with Crippen LogP contribution in [0.25, 0.3) is 0 Å². The van der Waals surface area contributed by atoms with Crippen molar-refractivity contribution in [3.05, 3.63) is 16.7 Å². The smallest absolute Gasteiger partial charge is 0.177 e. The summed E-state index contributed by atoms with van der Waals surface area (Å²) < 4.78 is 7.55. The van der Waals surface area contributed by atoms with Gasteiger partial charge in [-0.05, 0) is 25.1 Å². The maximum absolute atomic E-state index is 9.02. The van der Waals surface area contributed by atoms with Crippen molar-refractivity contribution < 1.29 is 9.84 Å². The fourth-order valence-corrected chi connectivity index (χ4v) is 1.59. The molecule has 0 aliphatic rings. The molecule has 14 heavy (non-hydrogen) atoms. The van der Waals surface area contributed by atoms with Crippen LogP contribution in [0.1, 0.15) is 18.5 Å². The highest BCUT2D eigenvalue weighted by atomic mass is 32.1. The lowest BCUT2D eigenvalue weighted by Crippen LogP contribution is -2.04. The van der Waals surface area contributed by atoms with Crippen LogP contribution < -0.4 is 0 Å². The molecular formula is C9H16N2O2S. The number of aliphatic hydroxyl groups excluding tert-OH is 1. The summed E-state index contributed by atoms with van der Waals surface area (Å²) in [6, 6.07) is 0. The predicted molar refractivity (Wildman–Crippen MR) is 56.6 cm³/mol. The van der Waals surface area contributed by atoms with Gasteiger partial charge in [-0.25, -0.2) is 0 Å². The van der Waals surface area contributed by atoms with Crippen LogP contribution in [0.4, 0.5) is 0 Å². The van der Waals surface area contributed by atoms with E-state index in [1.165, 1.54) is 0 Å². The number of imidazole rings is 1. The number of aromatic nitrogens is 2. The maximum atomic E-state index is 9.02. The van der Waals surface area contributed by atoms with Gasteiger partial charge in [0, 0.05) is 26.5 Å². The van der Waals surface area contributed by atoms with E-state index in [1.807, 2.05) is 4.57 Å². The van der Waals surface area contributed by atoms with Crippen LogP contribution >= 0.6 is 12.2 Å². The molecule has 1 aromatic rings. The molecule has 1 rings (SSSR count). The fourth-order valence-electron chi connectivity index (χ4n) is 1.32. The number of nitrogens with zero attached hydrogens (tertiary/aromatic N) is 1. The summed E-state index contributed by atoms with van der Waals surface area (Å²) in [5, 5.41) is 9.02. The number of H-pyrrole nitrogens is 1. The van der Waals surface area contributed by atoms with Gasteiger partial charge in [0.25, 0.3) is 0 Å². The quantitative estimate of drug-likeness (QED) is 0.559. The number of ether oxygens (including phenoxy) is 1. The summed E-state index contributed by atoms with van der Waals surface area (Å²) >= 11 is 5.08. The van der Waals surface area contributed by atoms with Crippen molar-refractivity contribution >= 4 is 12.2 Å². The van der Waals surface area contributed by atoms with Crippen molar-refractivity contribution in [3.8, 4) is 0 Å².